The molecule has 8 rings (SSSR count). The number of anilines is 1. The van der Waals surface area contributed by atoms with Crippen molar-refractivity contribution in [3.63, 3.8) is 0 Å². The minimum atomic E-state index is -4.35. The average Bonchev–Trinajstić information content (AvgIpc) is 1.72. The molecule has 13 nitrogen and oxygen atoms in total. The summed E-state index contributed by atoms with van der Waals surface area (Å²) in [5.41, 5.74) is 10.2. The molecule has 0 saturated carbocycles. The van der Waals surface area contributed by atoms with E-state index in [0.717, 1.165) is 46.0 Å². The Balaban J connectivity index is 0. The van der Waals surface area contributed by atoms with Crippen LogP contribution in [0.15, 0.2) is 147 Å². The quantitative estimate of drug-likeness (QED) is 0.103. The van der Waals surface area contributed by atoms with Crippen LogP contribution in [0.1, 0.15) is 235 Å². The van der Waals surface area contributed by atoms with E-state index in [1.165, 1.54) is 23.3 Å². The number of nitrogens with one attached hydrogen (secondary N) is 1. The van der Waals surface area contributed by atoms with Crippen LogP contribution in [-0.4, -0.2) is 46.3 Å². The molecule has 0 unspecified atom stereocenters. The number of pyridine rings is 8. The van der Waals surface area contributed by atoms with Crippen LogP contribution in [0.3, 0.4) is 0 Å². The topological polar surface area (TPSA) is 165 Å². The summed E-state index contributed by atoms with van der Waals surface area (Å²) in [5, 5.41) is 12.5. The second kappa shape index (κ2) is 44.9. The van der Waals surface area contributed by atoms with Crippen LogP contribution in [-0.2, 0) is 11.0 Å². The first-order chi connectivity index (χ1) is 41.5. The summed E-state index contributed by atoms with van der Waals surface area (Å²) in [6, 6.07) is 31.5. The Bertz CT molecular complexity index is 3260. The second-order valence-electron chi connectivity index (χ2n) is 22.1. The van der Waals surface area contributed by atoms with E-state index in [4.69, 9.17) is 41.6 Å². The van der Waals surface area contributed by atoms with Crippen LogP contribution in [0.2, 0.25) is 10.0 Å². The van der Waals surface area contributed by atoms with Crippen molar-refractivity contribution in [1.29, 1.82) is 5.26 Å². The van der Waals surface area contributed by atoms with Gasteiger partial charge in [-0.15, -0.1) is 4.98 Å². The van der Waals surface area contributed by atoms with E-state index in [1.807, 2.05) is 73.9 Å². The summed E-state index contributed by atoms with van der Waals surface area (Å²) in [6.45, 7) is 48.3. The third-order valence-corrected chi connectivity index (χ3v) is 12.6. The van der Waals surface area contributed by atoms with Crippen molar-refractivity contribution >= 4 is 46.8 Å². The van der Waals surface area contributed by atoms with Crippen molar-refractivity contribution in [3.05, 3.63) is 242 Å². The van der Waals surface area contributed by atoms with Gasteiger partial charge in [0.1, 0.15) is 11.4 Å². The highest BCUT2D eigenvalue weighted by molar-refractivity contribution is 6.30. The maximum atomic E-state index is 12.3. The zero-order valence-corrected chi connectivity index (χ0v) is 55.3. The van der Waals surface area contributed by atoms with Gasteiger partial charge in [0.2, 0.25) is 12.1 Å². The number of rotatable bonds is 10. The normalized spacial score (nSPS) is 10.1. The van der Waals surface area contributed by atoms with Crippen molar-refractivity contribution in [2.45, 2.75) is 186 Å². The zero-order valence-electron chi connectivity index (χ0n) is 53.8. The van der Waals surface area contributed by atoms with Crippen molar-refractivity contribution in [2.75, 3.05) is 5.32 Å². The third-order valence-electron chi connectivity index (χ3n) is 12.1. The molecule has 0 saturated heterocycles. The van der Waals surface area contributed by atoms with E-state index >= 15 is 0 Å². The Morgan fingerprint density at radius 3 is 1.49 bits per heavy atom. The van der Waals surface area contributed by atoms with Crippen LogP contribution < -0.4 is 5.32 Å². The predicted molar refractivity (Wildman–Crippen MR) is 367 cm³/mol. The molecule has 8 aromatic heterocycles. The lowest BCUT2D eigenvalue weighted by Crippen LogP contribution is -2.12. The Morgan fingerprint density at radius 2 is 1.09 bits per heavy atom. The molecular formula is C72H93Cl2F3N12O. The van der Waals surface area contributed by atoms with Crippen LogP contribution >= 0.6 is 23.2 Å². The highest BCUT2D eigenvalue weighted by Gasteiger charge is 2.35. The number of hydrogen-bond acceptors (Lipinski definition) is 10. The molecule has 90 heavy (non-hydrogen) atoms. The smallest absolute Gasteiger partial charge is 0.361 e. The van der Waals surface area contributed by atoms with Crippen molar-refractivity contribution < 1.29 is 18.0 Å². The summed E-state index contributed by atoms with van der Waals surface area (Å²) in [4.78, 5) is 48.8. The van der Waals surface area contributed by atoms with Gasteiger partial charge in [0, 0.05) is 77.8 Å². The highest BCUT2D eigenvalue weighted by atomic mass is 35.5. The first-order valence-electron chi connectivity index (χ1n) is 28.8. The number of amides is 1. The number of carbonyl (C=O) groups is 1. The average molecular weight is 1270 g/mol. The molecule has 0 bridgehead atoms. The molecule has 8 aromatic rings. The summed E-state index contributed by atoms with van der Waals surface area (Å²) < 4.78 is 37.0. The maximum Gasteiger partial charge on any atom is 0.433 e. The van der Waals surface area contributed by atoms with Gasteiger partial charge < -0.3 is 10.2 Å². The fourth-order valence-electron chi connectivity index (χ4n) is 6.78. The molecule has 8 heterocycles. The van der Waals surface area contributed by atoms with Gasteiger partial charge in [-0.25, -0.2) is 4.85 Å². The molecule has 1 amide bonds. The fraction of sp³-hybridized carbons (Fsp3) is 0.389. The number of hydrogen-bond donors (Lipinski definition) is 1. The number of nitrogens with zero attached hydrogens (tertiary/aromatic N) is 11. The Kier molecular flexibility index (Phi) is 41.7. The lowest BCUT2D eigenvalue weighted by atomic mass is 10.0. The zero-order chi connectivity index (χ0) is 66.5. The lowest BCUT2D eigenvalue weighted by molar-refractivity contribution is -0.142. The molecule has 0 radical (unpaired) electrons. The van der Waals surface area contributed by atoms with Gasteiger partial charge in [0.05, 0.1) is 40.1 Å². The van der Waals surface area contributed by atoms with E-state index in [2.05, 4.69) is 170 Å². The molecule has 0 fully saturated rings. The summed E-state index contributed by atoms with van der Waals surface area (Å²) in [5.74, 6) is 3.56. The van der Waals surface area contributed by atoms with E-state index < -0.39 is 11.9 Å². The second-order valence-corrected chi connectivity index (χ2v) is 23.0. The van der Waals surface area contributed by atoms with E-state index in [9.17, 15) is 18.0 Å². The van der Waals surface area contributed by atoms with Crippen LogP contribution in [0, 0.1) is 31.4 Å². The van der Waals surface area contributed by atoms with Gasteiger partial charge in [-0.2, -0.15) is 18.4 Å². The van der Waals surface area contributed by atoms with Gasteiger partial charge in [-0.3, -0.25) is 39.7 Å². The molecular weight excluding hydrogens is 1180 g/mol. The van der Waals surface area contributed by atoms with Crippen LogP contribution in [0.5, 0.6) is 0 Å². The Morgan fingerprint density at radius 1 is 0.522 bits per heavy atom. The minimum absolute atomic E-state index is 0. The fourth-order valence-corrected chi connectivity index (χ4v) is 7.07. The summed E-state index contributed by atoms with van der Waals surface area (Å²) in [7, 11) is 0. The van der Waals surface area contributed by atoms with E-state index in [-0.39, 0.29) is 26.3 Å². The Labute approximate surface area is 546 Å². The van der Waals surface area contributed by atoms with E-state index in [0.29, 0.717) is 74.9 Å². The van der Waals surface area contributed by atoms with Crippen LogP contribution in [0.4, 0.5) is 30.4 Å². The maximum absolute atomic E-state index is 12.3. The monoisotopic (exact) mass is 1270 g/mol. The number of carbonyl (C=O) groups excluding carboxylic acids is 1. The predicted octanol–water partition coefficient (Wildman–Crippen LogP) is 22.1. The first kappa shape index (κ1) is 83.6. The largest absolute Gasteiger partial charge is 0.433 e. The van der Waals surface area contributed by atoms with Gasteiger partial charge in [-0.1, -0.05) is 186 Å². The standard InChI is InChI=1S/C9H10F3N.C9H12N2O.3C9H10N2.C9H13N.2C8H10ClN.2CH4/c1-6(2)7-4-3-5-13-8(7)9(10,11)12;1-7(2)9-4-3-8(5-10-9)11-6-12;1-7(2)9-5-4-8(10-3)6-11-9;1-7(2)8-5-4-6-9(10-3)11-8;1-7(2)9-5-8(6-10)3-4-11-9;1-7(2)9-5-4-8(3)10-6-9;1-6(2)7-3-8(9)5-10-4-7;1-6(2)8-4-3-7(9)5-10-8;;/h3-6H,1-2H3;3-7H,1-2H3,(H,11,12);2*4-7H,1-2H3;3-5,7H,1-2H3;4-7H,1-3H3;2*3-6H,1-2H3;2*1H4. The van der Waals surface area contributed by atoms with Gasteiger partial charge in [0.25, 0.3) is 5.82 Å². The molecule has 18 heteroatoms. The lowest BCUT2D eigenvalue weighted by Gasteiger charge is -2.13. The van der Waals surface area contributed by atoms with E-state index in [1.54, 1.807) is 63.0 Å². The summed E-state index contributed by atoms with van der Waals surface area (Å²) in [6.07, 6.45) is 9.52. The molecule has 0 aliphatic rings. The number of aryl methyl sites for hydroxylation is 1. The minimum Gasteiger partial charge on any atom is -0.361 e. The number of nitriles is 1. The van der Waals surface area contributed by atoms with Crippen molar-refractivity contribution in [3.8, 4) is 6.07 Å². The van der Waals surface area contributed by atoms with Gasteiger partial charge >= 0.3 is 6.18 Å². The molecule has 1 N–H and O–H groups in total. The molecule has 0 spiro atoms. The van der Waals surface area contributed by atoms with Gasteiger partial charge in [-0.05, 0) is 132 Å². The first-order valence-corrected chi connectivity index (χ1v) is 29.6. The summed E-state index contributed by atoms with van der Waals surface area (Å²) >= 11 is 11.4. The van der Waals surface area contributed by atoms with Gasteiger partial charge in [0.15, 0.2) is 0 Å². The molecule has 0 aromatic carbocycles. The molecule has 0 atom stereocenters. The highest BCUT2D eigenvalue weighted by Crippen LogP contribution is 2.33. The number of aromatic nitrogens is 8. The van der Waals surface area contributed by atoms with Crippen LogP contribution in [0.25, 0.3) is 9.69 Å². The number of halogens is 5. The molecule has 482 valence electrons. The third kappa shape index (κ3) is 34.3. The van der Waals surface area contributed by atoms with Crippen molar-refractivity contribution in [2.24, 2.45) is 0 Å². The SMILES string of the molecule is C.C.CC(C)c1cc(C#N)ccn1.CC(C)c1ccc(Cl)cn1.CC(C)c1ccc(NC=O)cn1.CC(C)c1cccnc1C(F)(F)F.CC(C)c1cncc(Cl)c1.Cc1ccc(C(C)C)cn1.[C-]#[N+]c1ccc(C(C)C)nc1.[C-]#[N+]c1cccc(C(C)C)n1. The molecule has 0 aliphatic heterocycles. The van der Waals surface area contributed by atoms with Crippen molar-refractivity contribution in [1.82, 2.24) is 39.9 Å². The Hall–Kier alpha value is -8.49. The number of alkyl halides is 3. The molecule has 0 aliphatic carbocycles.